The molecule has 0 saturated carbocycles. The zero-order valence-electron chi connectivity index (χ0n) is 17.0. The number of hydrogen-bond acceptors (Lipinski definition) is 8. The smallest absolute Gasteiger partial charge is 0.326 e. The van der Waals surface area contributed by atoms with Gasteiger partial charge >= 0.3 is 12.0 Å². The number of amides is 3. The maximum atomic E-state index is 12.4. The van der Waals surface area contributed by atoms with E-state index in [1.807, 2.05) is 0 Å². The Morgan fingerprint density at radius 2 is 1.94 bits per heavy atom. The summed E-state index contributed by atoms with van der Waals surface area (Å²) in [6, 6.07) is 3.96. The van der Waals surface area contributed by atoms with Gasteiger partial charge in [-0.2, -0.15) is 0 Å². The number of nitrogens with two attached hydrogens (primary N) is 2. The van der Waals surface area contributed by atoms with Crippen molar-refractivity contribution in [2.45, 2.75) is 37.8 Å². The lowest BCUT2D eigenvalue weighted by atomic mass is 10.1. The third-order valence-electron chi connectivity index (χ3n) is 4.34. The van der Waals surface area contributed by atoms with Crippen LogP contribution in [0.5, 0.6) is 5.75 Å². The van der Waals surface area contributed by atoms with E-state index in [0.717, 1.165) is 0 Å². The van der Waals surface area contributed by atoms with Gasteiger partial charge in [-0.15, -0.1) is 10.2 Å². The van der Waals surface area contributed by atoms with Crippen molar-refractivity contribution >= 4 is 17.9 Å². The Hall–Kier alpha value is -3.67. The van der Waals surface area contributed by atoms with Crippen LogP contribution in [0.1, 0.15) is 37.6 Å². The van der Waals surface area contributed by atoms with Crippen LogP contribution >= 0.6 is 0 Å². The minimum Gasteiger partial charge on any atom is -0.496 e. The summed E-state index contributed by atoms with van der Waals surface area (Å²) in [5.41, 5.74) is 11.2. The summed E-state index contributed by atoms with van der Waals surface area (Å²) >= 11 is 0. The van der Waals surface area contributed by atoms with Gasteiger partial charge in [0, 0.05) is 0 Å². The van der Waals surface area contributed by atoms with E-state index in [-0.39, 0.29) is 24.6 Å². The first-order valence-corrected chi connectivity index (χ1v) is 9.60. The van der Waals surface area contributed by atoms with E-state index < -0.39 is 30.0 Å². The number of carboxylic acid groups (broad SMARTS) is 1. The van der Waals surface area contributed by atoms with Crippen molar-refractivity contribution in [3.05, 3.63) is 30.2 Å². The van der Waals surface area contributed by atoms with E-state index in [1.54, 1.807) is 24.3 Å². The number of aliphatic carboxylic acids is 1. The Balaban J connectivity index is 2.15. The van der Waals surface area contributed by atoms with Gasteiger partial charge in [0.25, 0.3) is 5.89 Å². The average Bonchev–Trinajstić information content (AvgIpc) is 3.22. The van der Waals surface area contributed by atoms with E-state index in [0.29, 0.717) is 30.7 Å². The molecule has 1 heterocycles. The highest BCUT2D eigenvalue weighted by atomic mass is 16.5. The molecule has 0 bridgehead atoms. The fourth-order valence-electron chi connectivity index (χ4n) is 2.82. The SMILES string of the molecule is COc1ccccc1-c1nnc([C@H](CC(N)=O)NC(=O)N[C@@H](CCCCN)C(=O)O)o1. The molecule has 0 radical (unpaired) electrons. The van der Waals surface area contributed by atoms with Crippen molar-refractivity contribution < 1.29 is 28.6 Å². The van der Waals surface area contributed by atoms with Crippen molar-refractivity contribution in [1.29, 1.82) is 0 Å². The van der Waals surface area contributed by atoms with Crippen LogP contribution < -0.4 is 26.8 Å². The van der Waals surface area contributed by atoms with Crippen LogP contribution in [0.2, 0.25) is 0 Å². The van der Waals surface area contributed by atoms with Gasteiger partial charge in [-0.05, 0) is 37.9 Å². The maximum absolute atomic E-state index is 12.4. The highest BCUT2D eigenvalue weighted by Crippen LogP contribution is 2.29. The number of carboxylic acids is 1. The Labute approximate surface area is 178 Å². The van der Waals surface area contributed by atoms with E-state index in [1.165, 1.54) is 7.11 Å². The number of hydrogen-bond donors (Lipinski definition) is 5. The second kappa shape index (κ2) is 11.5. The van der Waals surface area contributed by atoms with E-state index in [9.17, 15) is 19.5 Å². The van der Waals surface area contributed by atoms with Crippen molar-refractivity contribution in [3.63, 3.8) is 0 Å². The maximum Gasteiger partial charge on any atom is 0.326 e. The minimum atomic E-state index is -1.19. The second-order valence-corrected chi connectivity index (χ2v) is 6.66. The molecule has 0 saturated heterocycles. The van der Waals surface area contributed by atoms with Gasteiger partial charge in [0.05, 0.1) is 19.1 Å². The Bertz CT molecular complexity index is 902. The van der Waals surface area contributed by atoms with Crippen LogP contribution in [0, 0.1) is 0 Å². The summed E-state index contributed by atoms with van der Waals surface area (Å²) in [5, 5.41) is 22.0. The molecule has 7 N–H and O–H groups in total. The molecule has 168 valence electrons. The molecule has 12 heteroatoms. The Kier molecular flexibility index (Phi) is 8.76. The fourth-order valence-corrected chi connectivity index (χ4v) is 2.82. The van der Waals surface area contributed by atoms with Crippen LogP contribution in [0.25, 0.3) is 11.5 Å². The quantitative estimate of drug-likeness (QED) is 0.296. The summed E-state index contributed by atoms with van der Waals surface area (Å²) in [4.78, 5) is 35.2. The van der Waals surface area contributed by atoms with Gasteiger partial charge in [0.2, 0.25) is 11.8 Å². The number of nitrogens with one attached hydrogen (secondary N) is 2. The van der Waals surface area contributed by atoms with Gasteiger partial charge in [-0.25, -0.2) is 9.59 Å². The summed E-state index contributed by atoms with van der Waals surface area (Å²) in [5.74, 6) is -1.36. The Morgan fingerprint density at radius 3 is 2.58 bits per heavy atom. The number of benzene rings is 1. The number of primary amides is 1. The first-order valence-electron chi connectivity index (χ1n) is 9.60. The molecule has 0 spiro atoms. The van der Waals surface area contributed by atoms with E-state index in [2.05, 4.69) is 20.8 Å². The summed E-state index contributed by atoms with van der Waals surface area (Å²) in [6.07, 6.45) is 1.04. The number of carbonyl (C=O) groups is 3. The fraction of sp³-hybridized carbons (Fsp3) is 0.421. The van der Waals surface area contributed by atoms with Crippen molar-refractivity contribution in [1.82, 2.24) is 20.8 Å². The van der Waals surface area contributed by atoms with Gasteiger partial charge < -0.3 is 36.4 Å². The van der Waals surface area contributed by atoms with Gasteiger partial charge in [-0.1, -0.05) is 12.1 Å². The van der Waals surface area contributed by atoms with Crippen LogP contribution in [-0.2, 0) is 9.59 Å². The summed E-state index contributed by atoms with van der Waals surface area (Å²) in [6.45, 7) is 0.422. The molecule has 0 aliphatic carbocycles. The number of urea groups is 1. The number of rotatable bonds is 12. The molecule has 1 aromatic heterocycles. The third kappa shape index (κ3) is 6.96. The Morgan fingerprint density at radius 1 is 1.19 bits per heavy atom. The predicted molar refractivity (Wildman–Crippen MR) is 109 cm³/mol. The van der Waals surface area contributed by atoms with Crippen LogP contribution in [-0.4, -0.2) is 52.9 Å². The molecule has 2 rings (SSSR count). The van der Waals surface area contributed by atoms with Crippen LogP contribution in [0.15, 0.2) is 28.7 Å². The van der Waals surface area contributed by atoms with E-state index >= 15 is 0 Å². The van der Waals surface area contributed by atoms with Crippen LogP contribution in [0.4, 0.5) is 4.79 Å². The number of methoxy groups -OCH3 is 1. The third-order valence-corrected chi connectivity index (χ3v) is 4.34. The molecule has 0 fully saturated rings. The summed E-state index contributed by atoms with van der Waals surface area (Å²) < 4.78 is 10.9. The topological polar surface area (TPSA) is 196 Å². The zero-order valence-corrected chi connectivity index (χ0v) is 17.0. The molecular formula is C19H26N6O6. The lowest BCUT2D eigenvalue weighted by molar-refractivity contribution is -0.139. The minimum absolute atomic E-state index is 0.0649. The largest absolute Gasteiger partial charge is 0.496 e. The molecule has 0 aliphatic rings. The first-order chi connectivity index (χ1) is 14.8. The molecule has 1 aromatic carbocycles. The molecule has 0 unspecified atom stereocenters. The lowest BCUT2D eigenvalue weighted by Gasteiger charge is -2.18. The number of unbranched alkanes of at least 4 members (excludes halogenated alkanes) is 1. The summed E-state index contributed by atoms with van der Waals surface area (Å²) in [7, 11) is 1.49. The van der Waals surface area contributed by atoms with Crippen LogP contribution in [0.3, 0.4) is 0 Å². The first kappa shape index (κ1) is 23.6. The monoisotopic (exact) mass is 434 g/mol. The average molecular weight is 434 g/mol. The van der Waals surface area contributed by atoms with Crippen molar-refractivity contribution in [2.24, 2.45) is 11.5 Å². The number of aromatic nitrogens is 2. The zero-order chi connectivity index (χ0) is 22.8. The number of ether oxygens (including phenoxy) is 1. The highest BCUT2D eigenvalue weighted by molar-refractivity contribution is 5.83. The molecule has 12 nitrogen and oxygen atoms in total. The van der Waals surface area contributed by atoms with E-state index in [4.69, 9.17) is 20.6 Å². The second-order valence-electron chi connectivity index (χ2n) is 6.66. The number of carbonyl (C=O) groups excluding carboxylic acids is 2. The molecule has 3 amide bonds. The van der Waals surface area contributed by atoms with Gasteiger partial charge in [-0.3, -0.25) is 4.79 Å². The standard InChI is InChI=1S/C19H26N6O6/c1-30-14-8-3-2-6-11(14)16-24-25-17(31-16)13(10-15(21)26)23-19(29)22-12(18(27)28)7-4-5-9-20/h2-3,6,8,12-13H,4-5,7,9-10,20H2,1H3,(H2,21,26)(H,27,28)(H2,22,23,29)/t12-,13-/m0/s1. The normalized spacial score (nSPS) is 12.6. The number of nitrogens with zero attached hydrogens (tertiary/aromatic N) is 2. The van der Waals surface area contributed by atoms with Gasteiger partial charge in [0.1, 0.15) is 17.8 Å². The highest BCUT2D eigenvalue weighted by Gasteiger charge is 2.26. The predicted octanol–water partition coefficient (Wildman–Crippen LogP) is 0.543. The lowest BCUT2D eigenvalue weighted by Crippen LogP contribution is -2.47. The molecule has 0 aliphatic heterocycles. The molecule has 2 aromatic rings. The van der Waals surface area contributed by atoms with Gasteiger partial charge in [0.15, 0.2) is 0 Å². The van der Waals surface area contributed by atoms with Crippen molar-refractivity contribution in [2.75, 3.05) is 13.7 Å². The molecule has 2 atom stereocenters. The number of para-hydroxylation sites is 1. The molecule has 31 heavy (non-hydrogen) atoms. The molecular weight excluding hydrogens is 408 g/mol. The van der Waals surface area contributed by atoms with Crippen molar-refractivity contribution in [3.8, 4) is 17.2 Å².